The van der Waals surface area contributed by atoms with Crippen LogP contribution in [0.4, 0.5) is 0 Å². The summed E-state index contributed by atoms with van der Waals surface area (Å²) >= 11 is 0. The second-order valence-electron chi connectivity index (χ2n) is 11.4. The van der Waals surface area contributed by atoms with E-state index in [2.05, 4.69) is 45.4 Å². The summed E-state index contributed by atoms with van der Waals surface area (Å²) in [7, 11) is 2.12. The summed E-state index contributed by atoms with van der Waals surface area (Å²) in [6, 6.07) is 4.46. The van der Waals surface area contributed by atoms with Crippen LogP contribution >= 0.6 is 0 Å². The van der Waals surface area contributed by atoms with E-state index in [1.54, 1.807) is 0 Å². The summed E-state index contributed by atoms with van der Waals surface area (Å²) in [5.41, 5.74) is 3.59. The SMILES string of the molecule is C=C(C)[C@@H]1CCC(C)=C[C@H]1c1c(O)cc(CCCCC)cc1OC(=O)C(C)(C)CCC1CN1C. The molecular formula is C30H45NO3. The van der Waals surface area contributed by atoms with Crippen LogP contribution in [0.15, 0.2) is 35.9 Å². The second-order valence-corrected chi connectivity index (χ2v) is 11.4. The molecule has 2 unspecified atom stereocenters. The Morgan fingerprint density at radius 3 is 2.62 bits per heavy atom. The molecule has 1 fully saturated rings. The Bertz CT molecular complexity index is 929. The third-order valence-electron chi connectivity index (χ3n) is 7.81. The largest absolute Gasteiger partial charge is 0.507 e. The molecule has 0 bridgehead atoms. The van der Waals surface area contributed by atoms with Crippen molar-refractivity contribution < 1.29 is 14.6 Å². The van der Waals surface area contributed by atoms with Gasteiger partial charge < -0.3 is 14.7 Å². The van der Waals surface area contributed by atoms with Gasteiger partial charge in [-0.05, 0) is 96.9 Å². The molecule has 0 spiro atoms. The number of esters is 1. The normalized spacial score (nSPS) is 24.5. The molecule has 4 atom stereocenters. The number of likely N-dealkylation sites (N-methyl/N-ethyl adjacent to an activating group) is 1. The van der Waals surface area contributed by atoms with Crippen molar-refractivity contribution in [3.05, 3.63) is 47.1 Å². The number of hydrogen-bond donors (Lipinski definition) is 1. The number of aryl methyl sites for hydroxylation is 1. The standard InChI is InChI=1S/C30H45NO3/c1-8-9-10-11-22-17-26(32)28(25-16-21(4)12-13-24(25)20(2)3)27(18-22)34-29(33)30(5,6)15-14-23-19-31(23)7/h16-18,23-25,32H,2,8-15,19H2,1,3-7H3/t23?,24-,25+,31?/m0/s1. The molecule has 1 aliphatic heterocycles. The smallest absolute Gasteiger partial charge is 0.316 e. The summed E-state index contributed by atoms with van der Waals surface area (Å²) in [5.74, 6) is 0.718. The van der Waals surface area contributed by atoms with Crippen molar-refractivity contribution in [2.75, 3.05) is 13.6 Å². The molecule has 1 heterocycles. The molecule has 1 aromatic rings. The van der Waals surface area contributed by atoms with Crippen LogP contribution in [0.3, 0.4) is 0 Å². The second kappa shape index (κ2) is 11.1. The first-order valence-corrected chi connectivity index (χ1v) is 13.1. The number of ether oxygens (including phenoxy) is 1. The number of carbonyl (C=O) groups excluding carboxylic acids is 1. The van der Waals surface area contributed by atoms with E-state index in [1.807, 2.05) is 26.0 Å². The summed E-state index contributed by atoms with van der Waals surface area (Å²) in [6.07, 6.45) is 10.2. The van der Waals surface area contributed by atoms with Gasteiger partial charge in [-0.2, -0.15) is 0 Å². The number of benzene rings is 1. The topological polar surface area (TPSA) is 49.5 Å². The highest BCUT2D eigenvalue weighted by Gasteiger charge is 2.37. The number of phenolic OH excluding ortho intramolecular Hbond substituents is 1. The fourth-order valence-corrected chi connectivity index (χ4v) is 5.18. The predicted octanol–water partition coefficient (Wildman–Crippen LogP) is 7.17. The molecule has 4 nitrogen and oxygen atoms in total. The molecule has 1 saturated heterocycles. The first-order chi connectivity index (χ1) is 16.0. The van der Waals surface area contributed by atoms with Gasteiger partial charge in [0.1, 0.15) is 11.5 Å². The molecule has 0 amide bonds. The Kier molecular flexibility index (Phi) is 8.67. The summed E-state index contributed by atoms with van der Waals surface area (Å²) in [5, 5.41) is 11.2. The lowest BCUT2D eigenvalue weighted by Gasteiger charge is -2.32. The monoisotopic (exact) mass is 467 g/mol. The highest BCUT2D eigenvalue weighted by molar-refractivity contribution is 5.79. The minimum Gasteiger partial charge on any atom is -0.507 e. The highest BCUT2D eigenvalue weighted by Crippen LogP contribution is 2.47. The molecule has 34 heavy (non-hydrogen) atoms. The lowest BCUT2D eigenvalue weighted by Crippen LogP contribution is -2.30. The summed E-state index contributed by atoms with van der Waals surface area (Å²) in [6.45, 7) is 15.7. The van der Waals surface area contributed by atoms with Crippen molar-refractivity contribution in [3.63, 3.8) is 0 Å². The number of aromatic hydroxyl groups is 1. The van der Waals surface area contributed by atoms with E-state index in [4.69, 9.17) is 4.74 Å². The predicted molar refractivity (Wildman–Crippen MR) is 140 cm³/mol. The van der Waals surface area contributed by atoms with E-state index < -0.39 is 5.41 Å². The average Bonchev–Trinajstić information content (AvgIpc) is 3.47. The van der Waals surface area contributed by atoms with Gasteiger partial charge in [0.15, 0.2) is 0 Å². The Labute approximate surface area is 207 Å². The van der Waals surface area contributed by atoms with Gasteiger partial charge in [0, 0.05) is 24.1 Å². The number of phenols is 1. The van der Waals surface area contributed by atoms with Crippen molar-refractivity contribution in [2.45, 2.75) is 97.9 Å². The number of hydrogen-bond acceptors (Lipinski definition) is 4. The van der Waals surface area contributed by atoms with Crippen molar-refractivity contribution in [1.29, 1.82) is 0 Å². The van der Waals surface area contributed by atoms with Crippen molar-refractivity contribution in [1.82, 2.24) is 4.90 Å². The molecule has 1 aromatic carbocycles. The van der Waals surface area contributed by atoms with Crippen molar-refractivity contribution >= 4 is 5.97 Å². The Balaban J connectivity index is 1.94. The molecule has 0 radical (unpaired) electrons. The highest BCUT2D eigenvalue weighted by atomic mass is 16.5. The maximum Gasteiger partial charge on any atom is 0.316 e. The molecule has 188 valence electrons. The van der Waals surface area contributed by atoms with Gasteiger partial charge in [-0.3, -0.25) is 4.79 Å². The van der Waals surface area contributed by atoms with Gasteiger partial charge in [-0.1, -0.05) is 43.6 Å². The van der Waals surface area contributed by atoms with Crippen LogP contribution in [0.1, 0.15) is 96.6 Å². The minimum atomic E-state index is -0.583. The van der Waals surface area contributed by atoms with Crippen LogP contribution in [-0.4, -0.2) is 35.6 Å². The quantitative estimate of drug-likeness (QED) is 0.123. The number of allylic oxidation sites excluding steroid dienone is 3. The molecular weight excluding hydrogens is 422 g/mol. The van der Waals surface area contributed by atoms with Crippen LogP contribution in [0.2, 0.25) is 0 Å². The zero-order valence-corrected chi connectivity index (χ0v) is 22.2. The van der Waals surface area contributed by atoms with E-state index in [1.165, 1.54) is 5.57 Å². The molecule has 0 saturated carbocycles. The van der Waals surface area contributed by atoms with Crippen LogP contribution in [0.5, 0.6) is 11.5 Å². The Hall–Kier alpha value is -2.07. The van der Waals surface area contributed by atoms with Gasteiger partial charge in [0.2, 0.25) is 0 Å². The third-order valence-corrected chi connectivity index (χ3v) is 7.81. The van der Waals surface area contributed by atoms with E-state index in [0.717, 1.165) is 74.6 Å². The fraction of sp³-hybridized carbons (Fsp3) is 0.633. The third kappa shape index (κ3) is 6.53. The minimum absolute atomic E-state index is 0.0398. The molecule has 1 N–H and O–H groups in total. The molecule has 2 aliphatic rings. The summed E-state index contributed by atoms with van der Waals surface area (Å²) < 4.78 is 6.16. The van der Waals surface area contributed by atoms with E-state index >= 15 is 0 Å². The van der Waals surface area contributed by atoms with Crippen LogP contribution in [-0.2, 0) is 11.2 Å². The van der Waals surface area contributed by atoms with Crippen molar-refractivity contribution in [3.8, 4) is 11.5 Å². The average molecular weight is 468 g/mol. The van der Waals surface area contributed by atoms with Gasteiger partial charge in [0.05, 0.1) is 5.41 Å². The van der Waals surface area contributed by atoms with Gasteiger partial charge in [0.25, 0.3) is 0 Å². The lowest BCUT2D eigenvalue weighted by atomic mass is 9.73. The van der Waals surface area contributed by atoms with E-state index in [-0.39, 0.29) is 23.6 Å². The number of carbonyl (C=O) groups is 1. The summed E-state index contributed by atoms with van der Waals surface area (Å²) in [4.78, 5) is 15.7. The molecule has 0 aromatic heterocycles. The first-order valence-electron chi connectivity index (χ1n) is 13.1. The number of nitrogens with zero attached hydrogens (tertiary/aromatic N) is 1. The zero-order valence-electron chi connectivity index (χ0n) is 22.2. The molecule has 1 aliphatic carbocycles. The van der Waals surface area contributed by atoms with Gasteiger partial charge in [-0.15, -0.1) is 0 Å². The zero-order chi connectivity index (χ0) is 25.0. The van der Waals surface area contributed by atoms with Crippen LogP contribution in [0, 0.1) is 11.3 Å². The maximum absolute atomic E-state index is 13.4. The Morgan fingerprint density at radius 1 is 1.29 bits per heavy atom. The maximum atomic E-state index is 13.4. The fourth-order valence-electron chi connectivity index (χ4n) is 5.18. The van der Waals surface area contributed by atoms with Crippen LogP contribution < -0.4 is 4.74 Å². The van der Waals surface area contributed by atoms with Gasteiger partial charge in [-0.25, -0.2) is 0 Å². The molecule has 3 rings (SSSR count). The first kappa shape index (κ1) is 26.5. The van der Waals surface area contributed by atoms with Gasteiger partial charge >= 0.3 is 5.97 Å². The van der Waals surface area contributed by atoms with E-state index in [0.29, 0.717) is 11.8 Å². The number of rotatable bonds is 11. The van der Waals surface area contributed by atoms with Crippen molar-refractivity contribution in [2.24, 2.45) is 11.3 Å². The van der Waals surface area contributed by atoms with Crippen LogP contribution in [0.25, 0.3) is 0 Å². The number of unbranched alkanes of at least 4 members (excludes halogenated alkanes) is 2. The lowest BCUT2D eigenvalue weighted by molar-refractivity contribution is -0.144. The Morgan fingerprint density at radius 2 is 2.00 bits per heavy atom. The molecule has 4 heteroatoms. The van der Waals surface area contributed by atoms with E-state index in [9.17, 15) is 9.90 Å².